The van der Waals surface area contributed by atoms with Gasteiger partial charge in [0, 0.05) is 12.1 Å². The predicted molar refractivity (Wildman–Crippen MR) is 83.8 cm³/mol. The molecule has 0 radical (unpaired) electrons. The summed E-state index contributed by atoms with van der Waals surface area (Å²) in [6.07, 6.45) is 0.611. The second kappa shape index (κ2) is 7.04. The first-order valence-electron chi connectivity index (χ1n) is 7.22. The Morgan fingerprint density at radius 3 is 2.45 bits per heavy atom. The summed E-state index contributed by atoms with van der Waals surface area (Å²) in [4.78, 5) is 25.3. The number of amides is 1. The van der Waals surface area contributed by atoms with Crippen LogP contribution in [0.15, 0.2) is 42.5 Å². The van der Waals surface area contributed by atoms with Crippen LogP contribution in [-0.2, 0) is 4.79 Å². The third kappa shape index (κ3) is 3.09. The number of carbonyl (C=O) groups is 2. The minimum Gasteiger partial charge on any atom is -0.480 e. The highest BCUT2D eigenvalue weighted by molar-refractivity contribution is 6.07. The molecule has 0 saturated carbocycles. The molecule has 5 nitrogen and oxygen atoms in total. The maximum atomic E-state index is 12.8. The summed E-state index contributed by atoms with van der Waals surface area (Å²) >= 11 is 0. The van der Waals surface area contributed by atoms with Crippen LogP contribution in [0.2, 0.25) is 0 Å². The molecule has 0 heterocycles. The number of carboxylic acids is 1. The number of aliphatic hydroxyl groups excluding tert-OH is 1. The van der Waals surface area contributed by atoms with E-state index in [-0.39, 0.29) is 12.5 Å². The van der Waals surface area contributed by atoms with E-state index in [4.69, 9.17) is 0 Å². The van der Waals surface area contributed by atoms with E-state index in [1.54, 1.807) is 12.1 Å². The Hall–Kier alpha value is -2.40. The summed E-state index contributed by atoms with van der Waals surface area (Å²) in [5, 5.41) is 20.2. The van der Waals surface area contributed by atoms with Crippen molar-refractivity contribution in [3.63, 3.8) is 0 Å². The largest absolute Gasteiger partial charge is 0.480 e. The topological polar surface area (TPSA) is 77.8 Å². The Labute approximate surface area is 128 Å². The summed E-state index contributed by atoms with van der Waals surface area (Å²) in [6.45, 7) is 1.53. The second-order valence-corrected chi connectivity index (χ2v) is 5.06. The third-order valence-corrected chi connectivity index (χ3v) is 3.58. The van der Waals surface area contributed by atoms with Crippen LogP contribution in [0.4, 0.5) is 0 Å². The number of benzene rings is 2. The lowest BCUT2D eigenvalue weighted by Gasteiger charge is -2.28. The van der Waals surface area contributed by atoms with Crippen molar-refractivity contribution in [2.75, 3.05) is 13.2 Å². The van der Waals surface area contributed by atoms with Crippen molar-refractivity contribution in [3.8, 4) is 0 Å². The lowest BCUT2D eigenvalue weighted by molar-refractivity contribution is -0.143. The zero-order valence-corrected chi connectivity index (χ0v) is 12.4. The van der Waals surface area contributed by atoms with E-state index < -0.39 is 18.6 Å². The van der Waals surface area contributed by atoms with Crippen LogP contribution in [0.25, 0.3) is 10.8 Å². The molecule has 0 aliphatic heterocycles. The molecule has 5 heteroatoms. The molecule has 0 aromatic heterocycles. The lowest BCUT2D eigenvalue weighted by Crippen LogP contribution is -2.47. The number of fused-ring (bicyclic) bond motifs is 1. The number of aliphatic carboxylic acids is 1. The Bertz CT molecular complexity index is 678. The van der Waals surface area contributed by atoms with Crippen LogP contribution in [0.5, 0.6) is 0 Å². The van der Waals surface area contributed by atoms with Gasteiger partial charge in [0.05, 0.1) is 6.61 Å². The Kier molecular flexibility index (Phi) is 5.12. The average molecular weight is 301 g/mol. The first-order chi connectivity index (χ1) is 10.6. The number of hydrogen-bond acceptors (Lipinski definition) is 3. The molecule has 0 saturated heterocycles. The SMILES string of the molecule is CCCN(C(=O)c1cccc2ccccc12)C(CO)C(=O)O. The lowest BCUT2D eigenvalue weighted by atomic mass is 10.0. The molecule has 2 rings (SSSR count). The molecule has 1 atom stereocenters. The molecule has 22 heavy (non-hydrogen) atoms. The van der Waals surface area contributed by atoms with Crippen LogP contribution in [0.1, 0.15) is 23.7 Å². The number of rotatable bonds is 6. The van der Waals surface area contributed by atoms with Gasteiger partial charge in [-0.05, 0) is 23.3 Å². The summed E-state index contributed by atoms with van der Waals surface area (Å²) in [6, 6.07) is 11.6. The van der Waals surface area contributed by atoms with Crippen LogP contribution < -0.4 is 0 Å². The Balaban J connectivity index is 2.47. The van der Waals surface area contributed by atoms with E-state index in [2.05, 4.69) is 0 Å². The van der Waals surface area contributed by atoms with E-state index in [0.717, 1.165) is 10.8 Å². The maximum absolute atomic E-state index is 12.8. The van der Waals surface area contributed by atoms with E-state index in [1.807, 2.05) is 37.3 Å². The molecule has 2 aromatic carbocycles. The molecule has 1 amide bonds. The van der Waals surface area contributed by atoms with E-state index >= 15 is 0 Å². The summed E-state index contributed by atoms with van der Waals surface area (Å²) in [5.41, 5.74) is 0.450. The van der Waals surface area contributed by atoms with Crippen molar-refractivity contribution in [1.82, 2.24) is 4.90 Å². The Morgan fingerprint density at radius 2 is 1.82 bits per heavy atom. The number of carbonyl (C=O) groups excluding carboxylic acids is 1. The molecule has 0 bridgehead atoms. The summed E-state index contributed by atoms with van der Waals surface area (Å²) < 4.78 is 0. The van der Waals surface area contributed by atoms with Crippen molar-refractivity contribution >= 4 is 22.6 Å². The highest BCUT2D eigenvalue weighted by atomic mass is 16.4. The van der Waals surface area contributed by atoms with Crippen LogP contribution >= 0.6 is 0 Å². The van der Waals surface area contributed by atoms with E-state index in [9.17, 15) is 19.8 Å². The summed E-state index contributed by atoms with van der Waals surface area (Å²) in [7, 11) is 0. The predicted octanol–water partition coefficient (Wildman–Crippen LogP) is 2.14. The van der Waals surface area contributed by atoms with Gasteiger partial charge in [0.15, 0.2) is 6.04 Å². The van der Waals surface area contributed by atoms with Gasteiger partial charge in [-0.2, -0.15) is 0 Å². The molecular formula is C17H19NO4. The van der Waals surface area contributed by atoms with Crippen LogP contribution in [0.3, 0.4) is 0 Å². The molecule has 2 N–H and O–H groups in total. The molecule has 2 aromatic rings. The minimum atomic E-state index is -1.23. The third-order valence-electron chi connectivity index (χ3n) is 3.58. The normalized spacial score (nSPS) is 12.1. The molecule has 0 fully saturated rings. The minimum absolute atomic E-state index is 0.277. The van der Waals surface area contributed by atoms with Crippen LogP contribution in [-0.4, -0.2) is 46.2 Å². The zero-order valence-electron chi connectivity index (χ0n) is 12.4. The standard InChI is InChI=1S/C17H19NO4/c1-2-10-18(15(11-19)17(21)22)16(20)14-9-5-7-12-6-3-4-8-13(12)14/h3-9,15,19H,2,10-11H2,1H3,(H,21,22). The number of carboxylic acid groups (broad SMARTS) is 1. The maximum Gasteiger partial charge on any atom is 0.328 e. The highest BCUT2D eigenvalue weighted by Crippen LogP contribution is 2.21. The average Bonchev–Trinajstić information content (AvgIpc) is 2.53. The zero-order chi connectivity index (χ0) is 16.1. The van der Waals surface area contributed by atoms with Gasteiger partial charge in [-0.1, -0.05) is 43.3 Å². The van der Waals surface area contributed by atoms with Crippen LogP contribution in [0, 0.1) is 0 Å². The molecule has 0 aliphatic carbocycles. The van der Waals surface area contributed by atoms with Gasteiger partial charge in [0.1, 0.15) is 0 Å². The van der Waals surface area contributed by atoms with Gasteiger partial charge in [0.25, 0.3) is 5.91 Å². The molecule has 116 valence electrons. The molecule has 0 aliphatic rings. The van der Waals surface area contributed by atoms with E-state index in [1.165, 1.54) is 4.90 Å². The van der Waals surface area contributed by atoms with Gasteiger partial charge >= 0.3 is 5.97 Å². The van der Waals surface area contributed by atoms with Crippen molar-refractivity contribution in [2.24, 2.45) is 0 Å². The van der Waals surface area contributed by atoms with Gasteiger partial charge in [-0.25, -0.2) is 4.79 Å². The van der Waals surface area contributed by atoms with Crippen molar-refractivity contribution < 1.29 is 19.8 Å². The fraction of sp³-hybridized carbons (Fsp3) is 0.294. The van der Waals surface area contributed by atoms with Gasteiger partial charge < -0.3 is 15.1 Å². The fourth-order valence-corrected chi connectivity index (χ4v) is 2.52. The van der Waals surface area contributed by atoms with Crippen molar-refractivity contribution in [3.05, 3.63) is 48.0 Å². The summed E-state index contributed by atoms with van der Waals surface area (Å²) in [5.74, 6) is -1.58. The quantitative estimate of drug-likeness (QED) is 0.857. The van der Waals surface area contributed by atoms with Crippen molar-refractivity contribution in [1.29, 1.82) is 0 Å². The second-order valence-electron chi connectivity index (χ2n) is 5.06. The number of nitrogens with zero attached hydrogens (tertiary/aromatic N) is 1. The number of hydrogen-bond donors (Lipinski definition) is 2. The molecule has 0 spiro atoms. The highest BCUT2D eigenvalue weighted by Gasteiger charge is 2.29. The van der Waals surface area contributed by atoms with Gasteiger partial charge in [-0.3, -0.25) is 4.79 Å². The van der Waals surface area contributed by atoms with E-state index in [0.29, 0.717) is 12.0 Å². The van der Waals surface area contributed by atoms with Gasteiger partial charge in [0.2, 0.25) is 0 Å². The first kappa shape index (κ1) is 16.0. The number of aliphatic hydroxyl groups is 1. The molecule has 1 unspecified atom stereocenters. The smallest absolute Gasteiger partial charge is 0.328 e. The van der Waals surface area contributed by atoms with Gasteiger partial charge in [-0.15, -0.1) is 0 Å². The Morgan fingerprint density at radius 1 is 1.14 bits per heavy atom. The van der Waals surface area contributed by atoms with Crippen molar-refractivity contribution in [2.45, 2.75) is 19.4 Å². The monoisotopic (exact) mass is 301 g/mol. The fourth-order valence-electron chi connectivity index (χ4n) is 2.52. The first-order valence-corrected chi connectivity index (χ1v) is 7.22. The molecular weight excluding hydrogens is 282 g/mol.